The van der Waals surface area contributed by atoms with Gasteiger partial charge in [-0.2, -0.15) is 0 Å². The van der Waals surface area contributed by atoms with Crippen molar-refractivity contribution in [3.63, 3.8) is 0 Å². The Morgan fingerprint density at radius 3 is 1.96 bits per heavy atom. The van der Waals surface area contributed by atoms with Crippen molar-refractivity contribution in [3.8, 4) is 56.3 Å². The first-order valence-electron chi connectivity index (χ1n) is 17.5. The zero-order valence-electron chi connectivity index (χ0n) is 30.3. The molecule has 5 aromatic carbocycles. The largest absolute Gasteiger partial charge is 0.507 e. The molecule has 0 spiro atoms. The van der Waals surface area contributed by atoms with Crippen LogP contribution in [-0.4, -0.2) is 19.6 Å². The molecule has 5 heteroatoms. The Balaban J connectivity index is 0.00000448. The van der Waals surface area contributed by atoms with Crippen LogP contribution in [0.5, 0.6) is 5.75 Å². The second-order valence-electron chi connectivity index (χ2n) is 14.8. The first kappa shape index (κ1) is 36.0. The van der Waals surface area contributed by atoms with Crippen LogP contribution in [0, 0.1) is 6.07 Å². The molecule has 0 radical (unpaired) electrons. The van der Waals surface area contributed by atoms with Gasteiger partial charge in [-0.1, -0.05) is 144 Å². The number of aromatic nitrogens is 3. The second kappa shape index (κ2) is 14.4. The molecule has 0 aliphatic carbocycles. The normalized spacial score (nSPS) is 11.7. The number of hydrogen-bond acceptors (Lipinski definition) is 3. The van der Waals surface area contributed by atoms with E-state index in [0.717, 1.165) is 50.2 Å². The molecule has 0 saturated carbocycles. The van der Waals surface area contributed by atoms with E-state index >= 15 is 0 Å². The standard InChI is InChI=1S/C46H44N3O.Pt/c1-29(2)36-18-13-19-37(30(3)4)44(36)49-41-21-14-20-38(43(41)48-45(49)39-17-11-12-22-42(39)50)33-25-32(31-15-9-8-10-16-31)26-34(27-33)40-28-35(23-24-47-40)46(5,6)7;/h8-26,28-30,50H,1-7H3;/q-1;. The number of fused-ring (bicyclic) bond motifs is 1. The fraction of sp³-hybridized carbons (Fsp3) is 0.217. The molecule has 1 N–H and O–H groups in total. The Kier molecular flexibility index (Phi) is 10.2. The summed E-state index contributed by atoms with van der Waals surface area (Å²) in [7, 11) is 0. The molecule has 260 valence electrons. The predicted octanol–water partition coefficient (Wildman–Crippen LogP) is 12.1. The molecular weight excluding hydrogens is 806 g/mol. The molecule has 0 atom stereocenters. The van der Waals surface area contributed by atoms with Crippen LogP contribution in [0.25, 0.3) is 61.6 Å². The van der Waals surface area contributed by atoms with Crippen LogP contribution in [-0.2, 0) is 26.5 Å². The van der Waals surface area contributed by atoms with Gasteiger partial charge in [-0.3, -0.25) is 9.55 Å². The summed E-state index contributed by atoms with van der Waals surface area (Å²) < 4.78 is 2.27. The second-order valence-corrected chi connectivity index (χ2v) is 14.8. The van der Waals surface area contributed by atoms with Crippen LogP contribution >= 0.6 is 0 Å². The molecule has 2 heterocycles. The maximum Gasteiger partial charge on any atom is 0.148 e. The zero-order chi connectivity index (χ0) is 35.2. The molecule has 7 rings (SSSR count). The number of benzene rings is 5. The minimum atomic E-state index is -0.0174. The number of rotatable bonds is 7. The molecule has 51 heavy (non-hydrogen) atoms. The third-order valence-electron chi connectivity index (χ3n) is 9.56. The van der Waals surface area contributed by atoms with Crippen molar-refractivity contribution in [3.05, 3.63) is 144 Å². The van der Waals surface area contributed by atoms with Crippen molar-refractivity contribution in [2.75, 3.05) is 0 Å². The number of hydrogen-bond donors (Lipinski definition) is 1. The van der Waals surface area contributed by atoms with Crippen molar-refractivity contribution >= 4 is 11.0 Å². The van der Waals surface area contributed by atoms with Gasteiger partial charge in [-0.15, -0.1) is 23.8 Å². The van der Waals surface area contributed by atoms with E-state index in [9.17, 15) is 5.11 Å². The van der Waals surface area contributed by atoms with Crippen LogP contribution in [0.4, 0.5) is 0 Å². The van der Waals surface area contributed by atoms with Gasteiger partial charge < -0.3 is 5.11 Å². The summed E-state index contributed by atoms with van der Waals surface area (Å²) >= 11 is 0. The molecule has 7 aromatic rings. The number of aromatic hydroxyl groups is 1. The Morgan fingerprint density at radius 1 is 0.667 bits per heavy atom. The van der Waals surface area contributed by atoms with Crippen molar-refractivity contribution in [2.45, 2.75) is 65.7 Å². The summed E-state index contributed by atoms with van der Waals surface area (Å²) in [6.07, 6.45) is 1.90. The molecule has 2 aromatic heterocycles. The van der Waals surface area contributed by atoms with Gasteiger partial charge in [0.25, 0.3) is 0 Å². The minimum Gasteiger partial charge on any atom is -0.507 e. The molecule has 0 amide bonds. The van der Waals surface area contributed by atoms with Crippen molar-refractivity contribution in [1.29, 1.82) is 0 Å². The summed E-state index contributed by atoms with van der Waals surface area (Å²) in [5, 5.41) is 11.2. The van der Waals surface area contributed by atoms with E-state index in [0.29, 0.717) is 11.4 Å². The number of pyridine rings is 1. The van der Waals surface area contributed by atoms with E-state index in [-0.39, 0.29) is 44.1 Å². The number of phenolic OH excluding ortho intramolecular Hbond substituents is 1. The molecule has 0 unspecified atom stereocenters. The average Bonchev–Trinajstić information content (AvgIpc) is 3.50. The van der Waals surface area contributed by atoms with E-state index < -0.39 is 0 Å². The summed E-state index contributed by atoms with van der Waals surface area (Å²) in [6, 6.07) is 43.4. The van der Waals surface area contributed by atoms with Crippen LogP contribution < -0.4 is 0 Å². The van der Waals surface area contributed by atoms with Crippen LogP contribution in [0.2, 0.25) is 0 Å². The Bertz CT molecular complexity index is 2300. The van der Waals surface area contributed by atoms with E-state index in [1.807, 2.05) is 30.5 Å². The molecular formula is C46H44N3OPt-. The average molecular weight is 850 g/mol. The maximum atomic E-state index is 11.2. The topological polar surface area (TPSA) is 50.9 Å². The molecule has 0 aliphatic rings. The van der Waals surface area contributed by atoms with E-state index in [2.05, 4.69) is 144 Å². The van der Waals surface area contributed by atoms with Crippen molar-refractivity contribution in [2.24, 2.45) is 0 Å². The monoisotopic (exact) mass is 849 g/mol. The first-order chi connectivity index (χ1) is 24.0. The predicted molar refractivity (Wildman–Crippen MR) is 208 cm³/mol. The SMILES string of the molecule is CC(C)c1cccc(C(C)C)c1-n1c(-c2ccccc2O)nc2c(-c3[c-]c(-c4cc(C(C)(C)C)ccn4)cc(-c4ccccc4)c3)cccc21.[Pt]. The van der Waals surface area contributed by atoms with Crippen LogP contribution in [0.1, 0.15) is 77.0 Å². The molecule has 0 fully saturated rings. The van der Waals surface area contributed by atoms with Gasteiger partial charge in [0.15, 0.2) is 0 Å². The van der Waals surface area contributed by atoms with Gasteiger partial charge in [0.05, 0.1) is 22.3 Å². The van der Waals surface area contributed by atoms with Gasteiger partial charge in [0, 0.05) is 33.0 Å². The molecule has 0 saturated heterocycles. The molecule has 4 nitrogen and oxygen atoms in total. The number of para-hydroxylation sites is 3. The van der Waals surface area contributed by atoms with Crippen LogP contribution in [0.3, 0.4) is 0 Å². The Labute approximate surface area is 316 Å². The van der Waals surface area contributed by atoms with Gasteiger partial charge in [0.1, 0.15) is 11.6 Å². The summed E-state index contributed by atoms with van der Waals surface area (Å²) in [5.41, 5.74) is 13.2. The summed E-state index contributed by atoms with van der Waals surface area (Å²) in [5.74, 6) is 1.45. The Morgan fingerprint density at radius 2 is 1.29 bits per heavy atom. The van der Waals surface area contributed by atoms with Gasteiger partial charge in [-0.25, -0.2) is 4.98 Å². The fourth-order valence-electron chi connectivity index (χ4n) is 6.85. The van der Waals surface area contributed by atoms with Gasteiger partial charge in [0.2, 0.25) is 0 Å². The van der Waals surface area contributed by atoms with E-state index in [4.69, 9.17) is 9.97 Å². The number of nitrogens with zero attached hydrogens (tertiary/aromatic N) is 3. The maximum absolute atomic E-state index is 11.2. The quantitative estimate of drug-likeness (QED) is 0.163. The zero-order valence-corrected chi connectivity index (χ0v) is 32.6. The van der Waals surface area contributed by atoms with Gasteiger partial charge >= 0.3 is 0 Å². The minimum absolute atomic E-state index is 0. The summed E-state index contributed by atoms with van der Waals surface area (Å²) in [4.78, 5) is 10.3. The van der Waals surface area contributed by atoms with E-state index in [1.165, 1.54) is 16.7 Å². The van der Waals surface area contributed by atoms with E-state index in [1.54, 1.807) is 6.07 Å². The number of imidazole rings is 1. The summed E-state index contributed by atoms with van der Waals surface area (Å²) in [6.45, 7) is 15.6. The first-order valence-corrected chi connectivity index (χ1v) is 17.5. The number of phenols is 1. The van der Waals surface area contributed by atoms with Crippen LogP contribution in [0.15, 0.2) is 121 Å². The molecule has 0 aliphatic heterocycles. The van der Waals surface area contributed by atoms with Crippen molar-refractivity contribution < 1.29 is 26.2 Å². The van der Waals surface area contributed by atoms with Gasteiger partial charge in [-0.05, 0) is 63.8 Å². The fourth-order valence-corrected chi connectivity index (χ4v) is 6.85. The third kappa shape index (κ3) is 6.95. The smallest absolute Gasteiger partial charge is 0.148 e. The van der Waals surface area contributed by atoms with Crippen molar-refractivity contribution in [1.82, 2.24) is 14.5 Å². The molecule has 0 bridgehead atoms. The Hall–Kier alpha value is -4.79. The third-order valence-corrected chi connectivity index (χ3v) is 9.56.